The second-order valence-corrected chi connectivity index (χ2v) is 4.89. The molecule has 1 aromatic carbocycles. The predicted molar refractivity (Wildman–Crippen MR) is 75.1 cm³/mol. The van der Waals surface area contributed by atoms with Crippen LogP contribution in [-0.4, -0.2) is 24.4 Å². The average molecular weight is 251 g/mol. The maximum atomic E-state index is 9.60. The van der Waals surface area contributed by atoms with Gasteiger partial charge in [0.1, 0.15) is 5.75 Å². The normalized spacial score (nSPS) is 14.3. The smallest absolute Gasteiger partial charge is 0.119 e. The Morgan fingerprint density at radius 3 is 2.67 bits per heavy atom. The Bertz CT molecular complexity index is 366. The van der Waals surface area contributed by atoms with Crippen molar-refractivity contribution in [3.63, 3.8) is 0 Å². The first kappa shape index (κ1) is 15.0. The Morgan fingerprint density at radius 1 is 1.39 bits per heavy atom. The summed E-state index contributed by atoms with van der Waals surface area (Å²) in [7, 11) is 0. The molecule has 3 N–H and O–H groups in total. The molecule has 0 fully saturated rings. The summed E-state index contributed by atoms with van der Waals surface area (Å²) in [5.74, 6) is 1.23. The lowest BCUT2D eigenvalue weighted by Gasteiger charge is -2.18. The van der Waals surface area contributed by atoms with Crippen molar-refractivity contribution in [1.29, 1.82) is 0 Å². The third kappa shape index (κ3) is 4.31. The van der Waals surface area contributed by atoms with Crippen molar-refractivity contribution in [3.05, 3.63) is 29.3 Å². The van der Waals surface area contributed by atoms with E-state index in [4.69, 9.17) is 10.5 Å². The summed E-state index contributed by atoms with van der Waals surface area (Å²) < 4.78 is 5.60. The second kappa shape index (κ2) is 7.39. The molecule has 1 aromatic rings. The third-order valence-electron chi connectivity index (χ3n) is 3.14. The molecule has 0 aliphatic rings. The van der Waals surface area contributed by atoms with Crippen LogP contribution in [0.15, 0.2) is 18.2 Å². The lowest BCUT2D eigenvalue weighted by atomic mass is 9.91. The van der Waals surface area contributed by atoms with Gasteiger partial charge in [-0.05, 0) is 48.9 Å². The van der Waals surface area contributed by atoms with Gasteiger partial charge in [0.25, 0.3) is 0 Å². The molecule has 3 heteroatoms. The lowest BCUT2D eigenvalue weighted by molar-refractivity contribution is 0.165. The van der Waals surface area contributed by atoms with Crippen molar-refractivity contribution in [2.75, 3.05) is 13.2 Å². The molecule has 0 radical (unpaired) electrons. The summed E-state index contributed by atoms with van der Waals surface area (Å²) in [4.78, 5) is 0. The quantitative estimate of drug-likeness (QED) is 0.783. The van der Waals surface area contributed by atoms with Gasteiger partial charge in [0.05, 0.1) is 12.7 Å². The molecule has 0 saturated carbocycles. The minimum absolute atomic E-state index is 0.309. The van der Waals surface area contributed by atoms with Crippen molar-refractivity contribution >= 4 is 0 Å². The van der Waals surface area contributed by atoms with Crippen LogP contribution in [0.4, 0.5) is 0 Å². The van der Waals surface area contributed by atoms with Gasteiger partial charge in [-0.3, -0.25) is 0 Å². The lowest BCUT2D eigenvalue weighted by Crippen LogP contribution is -2.21. The fourth-order valence-corrected chi connectivity index (χ4v) is 2.14. The van der Waals surface area contributed by atoms with E-state index in [1.807, 2.05) is 6.07 Å². The van der Waals surface area contributed by atoms with Crippen molar-refractivity contribution in [2.45, 2.75) is 45.6 Å². The van der Waals surface area contributed by atoms with Crippen LogP contribution in [0.25, 0.3) is 0 Å². The topological polar surface area (TPSA) is 55.5 Å². The molecule has 0 saturated heterocycles. The molecule has 3 nitrogen and oxygen atoms in total. The summed E-state index contributed by atoms with van der Waals surface area (Å²) in [6.45, 7) is 7.37. The van der Waals surface area contributed by atoms with Gasteiger partial charge in [-0.2, -0.15) is 0 Å². The van der Waals surface area contributed by atoms with E-state index in [2.05, 4.69) is 32.9 Å². The highest BCUT2D eigenvalue weighted by Crippen LogP contribution is 2.27. The van der Waals surface area contributed by atoms with Crippen LogP contribution in [0.5, 0.6) is 5.75 Å². The Hall–Kier alpha value is -1.06. The van der Waals surface area contributed by atoms with Gasteiger partial charge in [-0.25, -0.2) is 0 Å². The molecular weight excluding hydrogens is 226 g/mol. The first-order chi connectivity index (χ1) is 8.58. The van der Waals surface area contributed by atoms with Gasteiger partial charge in [0, 0.05) is 6.54 Å². The molecule has 18 heavy (non-hydrogen) atoms. The maximum absolute atomic E-state index is 9.60. The standard InChI is InChI=1S/C15H25NO2/c1-4-7-18-14-5-6-15(12(3)9-14)11(2)8-13(17)10-16/h5-6,9,11,13,17H,4,7-8,10,16H2,1-3H3. The van der Waals surface area contributed by atoms with Crippen LogP contribution in [0.2, 0.25) is 0 Å². The van der Waals surface area contributed by atoms with Crippen LogP contribution >= 0.6 is 0 Å². The van der Waals surface area contributed by atoms with Crippen LogP contribution in [0, 0.1) is 6.92 Å². The summed E-state index contributed by atoms with van der Waals surface area (Å²) in [6, 6.07) is 6.16. The highest BCUT2D eigenvalue weighted by molar-refractivity contribution is 5.36. The first-order valence-corrected chi connectivity index (χ1v) is 6.70. The van der Waals surface area contributed by atoms with Crippen molar-refractivity contribution < 1.29 is 9.84 Å². The summed E-state index contributed by atoms with van der Waals surface area (Å²) in [5, 5.41) is 9.60. The molecule has 0 aromatic heterocycles. The van der Waals surface area contributed by atoms with E-state index in [0.717, 1.165) is 18.8 Å². The van der Waals surface area contributed by atoms with Crippen LogP contribution < -0.4 is 10.5 Å². The average Bonchev–Trinajstić information content (AvgIpc) is 2.36. The monoisotopic (exact) mass is 251 g/mol. The first-order valence-electron chi connectivity index (χ1n) is 6.70. The van der Waals surface area contributed by atoms with Gasteiger partial charge in [0.15, 0.2) is 0 Å². The molecule has 0 bridgehead atoms. The number of rotatable bonds is 7. The molecule has 0 spiro atoms. The zero-order chi connectivity index (χ0) is 13.5. The summed E-state index contributed by atoms with van der Waals surface area (Å²) in [5.41, 5.74) is 7.91. The molecule has 0 aliphatic carbocycles. The van der Waals surface area contributed by atoms with E-state index in [-0.39, 0.29) is 0 Å². The number of nitrogens with two attached hydrogens (primary N) is 1. The van der Waals surface area contributed by atoms with Crippen LogP contribution in [0.3, 0.4) is 0 Å². The molecule has 2 unspecified atom stereocenters. The zero-order valence-corrected chi connectivity index (χ0v) is 11.6. The van der Waals surface area contributed by atoms with Gasteiger partial charge < -0.3 is 15.6 Å². The molecule has 2 atom stereocenters. The van der Waals surface area contributed by atoms with Crippen molar-refractivity contribution in [1.82, 2.24) is 0 Å². The van der Waals surface area contributed by atoms with E-state index in [1.165, 1.54) is 11.1 Å². The number of aliphatic hydroxyl groups is 1. The minimum atomic E-state index is -0.421. The number of hydrogen-bond donors (Lipinski definition) is 2. The van der Waals surface area contributed by atoms with Crippen LogP contribution in [0.1, 0.15) is 43.7 Å². The van der Waals surface area contributed by atoms with Gasteiger partial charge in [-0.1, -0.05) is 19.9 Å². The number of aryl methyl sites for hydroxylation is 1. The summed E-state index contributed by atoms with van der Waals surface area (Å²) in [6.07, 6.45) is 1.29. The Balaban J connectivity index is 2.72. The minimum Gasteiger partial charge on any atom is -0.494 e. The van der Waals surface area contributed by atoms with E-state index >= 15 is 0 Å². The maximum Gasteiger partial charge on any atom is 0.119 e. The zero-order valence-electron chi connectivity index (χ0n) is 11.6. The van der Waals surface area contributed by atoms with Crippen molar-refractivity contribution in [2.24, 2.45) is 5.73 Å². The highest BCUT2D eigenvalue weighted by atomic mass is 16.5. The molecule has 0 heterocycles. The predicted octanol–water partition coefficient (Wildman–Crippen LogP) is 2.60. The molecule has 102 valence electrons. The SMILES string of the molecule is CCCOc1ccc(C(C)CC(O)CN)c(C)c1. The molecule has 0 amide bonds. The van der Waals surface area contributed by atoms with E-state index in [9.17, 15) is 5.11 Å². The number of benzene rings is 1. The third-order valence-corrected chi connectivity index (χ3v) is 3.14. The fraction of sp³-hybridized carbons (Fsp3) is 0.600. The largest absolute Gasteiger partial charge is 0.494 e. The fourth-order valence-electron chi connectivity index (χ4n) is 2.14. The second-order valence-electron chi connectivity index (χ2n) is 4.89. The van der Waals surface area contributed by atoms with E-state index in [0.29, 0.717) is 18.9 Å². The van der Waals surface area contributed by atoms with E-state index < -0.39 is 6.10 Å². The Morgan fingerprint density at radius 2 is 2.11 bits per heavy atom. The number of hydrogen-bond acceptors (Lipinski definition) is 3. The van der Waals surface area contributed by atoms with Gasteiger partial charge in [-0.15, -0.1) is 0 Å². The van der Waals surface area contributed by atoms with Gasteiger partial charge >= 0.3 is 0 Å². The molecule has 1 rings (SSSR count). The Kier molecular flexibility index (Phi) is 6.16. The van der Waals surface area contributed by atoms with E-state index in [1.54, 1.807) is 0 Å². The molecular formula is C15H25NO2. The van der Waals surface area contributed by atoms with Gasteiger partial charge in [0.2, 0.25) is 0 Å². The number of aliphatic hydroxyl groups excluding tert-OH is 1. The highest BCUT2D eigenvalue weighted by Gasteiger charge is 2.13. The molecule has 0 aliphatic heterocycles. The number of ether oxygens (including phenoxy) is 1. The van der Waals surface area contributed by atoms with Crippen molar-refractivity contribution in [3.8, 4) is 5.75 Å². The Labute approximate surface area is 110 Å². The van der Waals surface area contributed by atoms with Crippen LogP contribution in [-0.2, 0) is 0 Å². The summed E-state index contributed by atoms with van der Waals surface area (Å²) >= 11 is 0.